The summed E-state index contributed by atoms with van der Waals surface area (Å²) in [6.45, 7) is 8.70. The highest BCUT2D eigenvalue weighted by molar-refractivity contribution is 6.11. The predicted octanol–water partition coefficient (Wildman–Crippen LogP) is -1.82. The minimum absolute atomic E-state index is 0. The highest BCUT2D eigenvalue weighted by Gasteiger charge is 2.27. The predicted molar refractivity (Wildman–Crippen MR) is 148 cm³/mol. The number of piperidine rings is 1. The maximum Gasteiger partial charge on any atom is 0.261 e. The third-order valence-electron chi connectivity index (χ3n) is 8.34. The molecule has 4 aromatic rings. The van der Waals surface area contributed by atoms with Crippen molar-refractivity contribution in [3.05, 3.63) is 42.5 Å². The first-order valence-corrected chi connectivity index (χ1v) is 13.7. The van der Waals surface area contributed by atoms with Gasteiger partial charge in [0.15, 0.2) is 0 Å². The van der Waals surface area contributed by atoms with E-state index in [4.69, 9.17) is 13.9 Å². The number of aromatic nitrogens is 1. The Bertz CT molecular complexity index is 1410. The normalized spacial score (nSPS) is 18.1. The van der Waals surface area contributed by atoms with Crippen LogP contribution in [0.15, 0.2) is 46.9 Å². The van der Waals surface area contributed by atoms with Crippen molar-refractivity contribution in [2.45, 2.75) is 12.8 Å². The van der Waals surface area contributed by atoms with Crippen molar-refractivity contribution in [2.75, 3.05) is 78.5 Å². The topological polar surface area (TPSA) is 50.8 Å². The van der Waals surface area contributed by atoms with Crippen LogP contribution in [-0.2, 0) is 11.8 Å². The standard InChI is InChI=1S/C30H39N4O3.2HI/c1-32-26-7-5-4-6-24(26)28(31-12-13-33-14-18-35-19-15-33)30-29(32)25-20-23(8-9-27(25)37-30)36-21-22-10-16-34(2,3)17-11-22;;/h4-9,20,22H,10-19,21H2,1-3H3;2*1H/q+1;;/p-1. The van der Waals surface area contributed by atoms with Crippen LogP contribution in [0.2, 0.25) is 0 Å². The average molecular weight is 758 g/mol. The van der Waals surface area contributed by atoms with Crippen molar-refractivity contribution in [1.29, 1.82) is 0 Å². The van der Waals surface area contributed by atoms with Crippen LogP contribution < -0.4 is 62.6 Å². The number of quaternary nitrogens is 1. The second-order valence-electron chi connectivity index (χ2n) is 11.4. The molecule has 6 rings (SSSR count). The van der Waals surface area contributed by atoms with E-state index < -0.39 is 0 Å². The first-order valence-electron chi connectivity index (χ1n) is 13.7. The second-order valence-corrected chi connectivity index (χ2v) is 11.4. The number of nitrogens with zero attached hydrogens (tertiary/aromatic N) is 3. The van der Waals surface area contributed by atoms with Crippen LogP contribution >= 0.6 is 0 Å². The lowest BCUT2D eigenvalue weighted by Crippen LogP contribution is -3.00. The fourth-order valence-electron chi connectivity index (χ4n) is 5.92. The van der Waals surface area contributed by atoms with Gasteiger partial charge in [-0.15, -0.1) is 0 Å². The minimum atomic E-state index is 0. The molecule has 2 aliphatic rings. The molecule has 2 aromatic carbocycles. The van der Waals surface area contributed by atoms with Crippen molar-refractivity contribution >= 4 is 38.7 Å². The molecule has 0 spiro atoms. The SMILES string of the molecule is C[n+]1c2ccccc2c(NCCN2CCOCC2)c2oc3ccc(OCC4CC[N+](C)(C)CC4)cc3c21.[I-].[I-]. The van der Waals surface area contributed by atoms with Crippen molar-refractivity contribution in [3.8, 4) is 5.75 Å². The zero-order valence-electron chi connectivity index (χ0n) is 23.2. The molecule has 39 heavy (non-hydrogen) atoms. The maximum absolute atomic E-state index is 6.51. The molecule has 2 fully saturated rings. The Labute approximate surface area is 265 Å². The van der Waals surface area contributed by atoms with E-state index in [0.29, 0.717) is 5.92 Å². The molecule has 0 bridgehead atoms. The van der Waals surface area contributed by atoms with Crippen molar-refractivity contribution in [1.82, 2.24) is 4.90 Å². The number of nitrogens with one attached hydrogen (secondary N) is 1. The summed E-state index contributed by atoms with van der Waals surface area (Å²) < 4.78 is 21.7. The third kappa shape index (κ3) is 6.58. The Morgan fingerprint density at radius 3 is 2.54 bits per heavy atom. The number of hydrogen-bond acceptors (Lipinski definition) is 5. The zero-order chi connectivity index (χ0) is 25.4. The molecule has 2 saturated heterocycles. The second kappa shape index (κ2) is 13.1. The van der Waals surface area contributed by atoms with Gasteiger partial charge in [-0.2, -0.15) is 4.57 Å². The zero-order valence-corrected chi connectivity index (χ0v) is 27.5. The molecule has 4 heterocycles. The van der Waals surface area contributed by atoms with Crippen molar-refractivity contribution in [2.24, 2.45) is 13.0 Å². The van der Waals surface area contributed by atoms with Gasteiger partial charge in [-0.05, 0) is 24.3 Å². The van der Waals surface area contributed by atoms with Crippen LogP contribution in [0, 0.1) is 5.92 Å². The molecule has 7 nitrogen and oxygen atoms in total. The lowest BCUT2D eigenvalue weighted by atomic mass is 9.97. The monoisotopic (exact) mass is 758 g/mol. The molecule has 0 atom stereocenters. The van der Waals surface area contributed by atoms with E-state index in [9.17, 15) is 0 Å². The molecule has 0 radical (unpaired) electrons. The quantitative estimate of drug-likeness (QED) is 0.137. The van der Waals surface area contributed by atoms with Crippen LogP contribution in [0.4, 0.5) is 5.69 Å². The Hall–Kier alpha value is -1.41. The summed E-state index contributed by atoms with van der Waals surface area (Å²) in [7, 11) is 6.78. The van der Waals surface area contributed by atoms with Gasteiger partial charge in [0.25, 0.3) is 5.52 Å². The number of anilines is 1. The molecule has 0 amide bonds. The molecule has 2 aromatic heterocycles. The number of halogens is 2. The Balaban J connectivity index is 0.00000176. The minimum Gasteiger partial charge on any atom is -1.00 e. The summed E-state index contributed by atoms with van der Waals surface area (Å²) in [5, 5.41) is 6.00. The number of morpholine rings is 1. The van der Waals surface area contributed by atoms with Gasteiger partial charge in [0.05, 0.1) is 63.5 Å². The number of furan rings is 1. The largest absolute Gasteiger partial charge is 1.00 e. The maximum atomic E-state index is 6.51. The Morgan fingerprint density at radius 1 is 1.03 bits per heavy atom. The van der Waals surface area contributed by atoms with E-state index in [1.54, 1.807) is 0 Å². The van der Waals surface area contributed by atoms with E-state index in [1.807, 2.05) is 0 Å². The van der Waals surface area contributed by atoms with E-state index in [2.05, 4.69) is 78.4 Å². The smallest absolute Gasteiger partial charge is 0.261 e. The summed E-state index contributed by atoms with van der Waals surface area (Å²) >= 11 is 0. The van der Waals surface area contributed by atoms with Gasteiger partial charge in [0.2, 0.25) is 11.1 Å². The van der Waals surface area contributed by atoms with Crippen LogP contribution in [0.1, 0.15) is 12.8 Å². The fourth-order valence-corrected chi connectivity index (χ4v) is 5.92. The molecule has 0 aliphatic carbocycles. The van der Waals surface area contributed by atoms with Crippen LogP contribution in [0.25, 0.3) is 33.0 Å². The number of ether oxygens (including phenoxy) is 2. The summed E-state index contributed by atoms with van der Waals surface area (Å²) in [5.41, 5.74) is 5.15. The molecular weight excluding hydrogens is 718 g/mol. The summed E-state index contributed by atoms with van der Waals surface area (Å²) in [6.07, 6.45) is 2.45. The van der Waals surface area contributed by atoms with Gasteiger partial charge in [-0.3, -0.25) is 4.90 Å². The van der Waals surface area contributed by atoms with Gasteiger partial charge < -0.3 is 71.6 Å². The molecule has 212 valence electrons. The average Bonchev–Trinajstić information content (AvgIpc) is 3.29. The molecule has 9 heteroatoms. The molecular formula is C30H40I2N4O3. The van der Waals surface area contributed by atoms with Gasteiger partial charge >= 0.3 is 0 Å². The number of likely N-dealkylation sites (tertiary alicyclic amines) is 1. The molecule has 0 saturated carbocycles. The number of aryl methyl sites for hydroxylation is 1. The Morgan fingerprint density at radius 2 is 1.77 bits per heavy atom. The van der Waals surface area contributed by atoms with Gasteiger partial charge in [0.1, 0.15) is 18.4 Å². The van der Waals surface area contributed by atoms with Crippen LogP contribution in [0.5, 0.6) is 5.75 Å². The number of benzene rings is 2. The number of pyridine rings is 1. The van der Waals surface area contributed by atoms with E-state index in [0.717, 1.165) is 84.0 Å². The molecule has 1 N–H and O–H groups in total. The highest BCUT2D eigenvalue weighted by atomic mass is 127. The summed E-state index contributed by atoms with van der Waals surface area (Å²) in [6, 6.07) is 14.8. The van der Waals surface area contributed by atoms with E-state index in [-0.39, 0.29) is 48.0 Å². The highest BCUT2D eigenvalue weighted by Crippen LogP contribution is 2.37. The van der Waals surface area contributed by atoms with E-state index in [1.165, 1.54) is 36.8 Å². The number of hydrogen-bond donors (Lipinski definition) is 1. The van der Waals surface area contributed by atoms with Crippen LogP contribution in [0.3, 0.4) is 0 Å². The first-order chi connectivity index (χ1) is 18.0. The number of fused-ring (bicyclic) bond motifs is 4. The lowest BCUT2D eigenvalue weighted by Gasteiger charge is -2.37. The lowest BCUT2D eigenvalue weighted by molar-refractivity contribution is -0.896. The van der Waals surface area contributed by atoms with Crippen LogP contribution in [-0.4, -0.2) is 82.6 Å². The van der Waals surface area contributed by atoms with Gasteiger partial charge in [-0.25, -0.2) is 0 Å². The Kier molecular flexibility index (Phi) is 10.2. The summed E-state index contributed by atoms with van der Waals surface area (Å²) in [5.74, 6) is 1.55. The van der Waals surface area contributed by atoms with Gasteiger partial charge in [-0.1, -0.05) is 12.1 Å². The summed E-state index contributed by atoms with van der Waals surface area (Å²) in [4.78, 5) is 2.45. The number of rotatable bonds is 7. The first kappa shape index (κ1) is 30.5. The fraction of sp³-hybridized carbons (Fsp3) is 0.500. The molecule has 0 unspecified atom stereocenters. The van der Waals surface area contributed by atoms with Gasteiger partial charge in [0, 0.05) is 51.0 Å². The van der Waals surface area contributed by atoms with Crippen molar-refractivity contribution in [3.63, 3.8) is 0 Å². The van der Waals surface area contributed by atoms with E-state index >= 15 is 0 Å². The number of para-hydroxylation sites is 1. The van der Waals surface area contributed by atoms with Crippen molar-refractivity contribution < 1.29 is 70.9 Å². The third-order valence-corrected chi connectivity index (χ3v) is 8.34. The molecule has 2 aliphatic heterocycles.